The van der Waals surface area contributed by atoms with E-state index < -0.39 is 0 Å². The van der Waals surface area contributed by atoms with Gasteiger partial charge in [0.05, 0.1) is 31.1 Å². The van der Waals surface area contributed by atoms with Crippen LogP contribution in [-0.2, 0) is 13.6 Å². The van der Waals surface area contributed by atoms with Crippen molar-refractivity contribution in [2.45, 2.75) is 6.54 Å². The quantitative estimate of drug-likeness (QED) is 0.771. The van der Waals surface area contributed by atoms with Crippen LogP contribution in [-0.4, -0.2) is 31.6 Å². The molecular weight excluding hydrogens is 256 g/mol. The molecule has 3 aromatic rings. The zero-order chi connectivity index (χ0) is 13.9. The van der Waals surface area contributed by atoms with Gasteiger partial charge in [0.2, 0.25) is 5.95 Å². The van der Waals surface area contributed by atoms with Gasteiger partial charge in [-0.15, -0.1) is 0 Å². The Hall–Kier alpha value is -2.70. The average molecular weight is 270 g/mol. The summed E-state index contributed by atoms with van der Waals surface area (Å²) in [5.74, 6) is 0.769. The normalized spacial score (nSPS) is 10.7. The number of hydrogen-bond donors (Lipinski definition) is 1. The number of hydrogen-bond acceptors (Lipinski definition) is 6. The average Bonchev–Trinajstić information content (AvgIpc) is 2.82. The summed E-state index contributed by atoms with van der Waals surface area (Å²) < 4.78 is 6.98. The van der Waals surface area contributed by atoms with Gasteiger partial charge in [-0.05, 0) is 12.1 Å². The van der Waals surface area contributed by atoms with Gasteiger partial charge in [-0.3, -0.25) is 4.98 Å². The number of aryl methyl sites for hydroxylation is 1. The van der Waals surface area contributed by atoms with Crippen LogP contribution in [0.4, 0.5) is 5.95 Å². The molecule has 0 aromatic carbocycles. The lowest BCUT2D eigenvalue weighted by atomic mass is 10.4. The third-order valence-corrected chi connectivity index (χ3v) is 2.98. The van der Waals surface area contributed by atoms with E-state index in [2.05, 4.69) is 25.3 Å². The molecule has 0 atom stereocenters. The minimum Gasteiger partial charge on any atom is -0.467 e. The second-order valence-corrected chi connectivity index (χ2v) is 4.25. The van der Waals surface area contributed by atoms with Crippen LogP contribution < -0.4 is 10.1 Å². The standard InChI is InChI=1S/C13H14N6O/c1-19-11-4-5-14-8-10(11)18-12(19)16-7-9-3-6-15-13(17-9)20-2/h3-6,8H,7H2,1-2H3,(H,16,18). The van der Waals surface area contributed by atoms with Crippen molar-refractivity contribution in [1.29, 1.82) is 0 Å². The van der Waals surface area contributed by atoms with Crippen molar-refractivity contribution in [2.75, 3.05) is 12.4 Å². The minimum atomic E-state index is 0.360. The molecule has 0 aliphatic heterocycles. The van der Waals surface area contributed by atoms with E-state index in [1.54, 1.807) is 25.7 Å². The maximum atomic E-state index is 5.00. The lowest BCUT2D eigenvalue weighted by Gasteiger charge is -2.06. The Labute approximate surface area is 115 Å². The van der Waals surface area contributed by atoms with Gasteiger partial charge in [0, 0.05) is 19.4 Å². The fraction of sp³-hybridized carbons (Fsp3) is 0.231. The molecule has 1 N–H and O–H groups in total. The lowest BCUT2D eigenvalue weighted by Crippen LogP contribution is -2.07. The predicted molar refractivity (Wildman–Crippen MR) is 74.4 cm³/mol. The fourth-order valence-corrected chi connectivity index (χ4v) is 1.95. The van der Waals surface area contributed by atoms with Gasteiger partial charge in [0.1, 0.15) is 5.52 Å². The highest BCUT2D eigenvalue weighted by Gasteiger charge is 2.07. The number of ether oxygens (including phenoxy) is 1. The molecule has 0 spiro atoms. The summed E-state index contributed by atoms with van der Waals surface area (Å²) in [6.45, 7) is 0.545. The Morgan fingerprint density at radius 3 is 2.95 bits per heavy atom. The Balaban J connectivity index is 1.81. The number of aromatic nitrogens is 5. The van der Waals surface area contributed by atoms with E-state index in [-0.39, 0.29) is 0 Å². The molecule has 0 amide bonds. The molecule has 0 aliphatic rings. The smallest absolute Gasteiger partial charge is 0.316 e. The van der Waals surface area contributed by atoms with Crippen LogP contribution in [0.25, 0.3) is 11.0 Å². The van der Waals surface area contributed by atoms with Gasteiger partial charge >= 0.3 is 6.01 Å². The van der Waals surface area contributed by atoms with Crippen LogP contribution in [0.2, 0.25) is 0 Å². The maximum Gasteiger partial charge on any atom is 0.316 e. The zero-order valence-electron chi connectivity index (χ0n) is 11.2. The Morgan fingerprint density at radius 2 is 2.15 bits per heavy atom. The number of nitrogens with one attached hydrogen (secondary N) is 1. The fourth-order valence-electron chi connectivity index (χ4n) is 1.95. The van der Waals surface area contributed by atoms with Crippen molar-refractivity contribution in [3.05, 3.63) is 36.4 Å². The van der Waals surface area contributed by atoms with Crippen LogP contribution >= 0.6 is 0 Å². The summed E-state index contributed by atoms with van der Waals surface area (Å²) in [6, 6.07) is 4.12. The zero-order valence-corrected chi connectivity index (χ0v) is 11.2. The van der Waals surface area contributed by atoms with Gasteiger partial charge < -0.3 is 14.6 Å². The largest absolute Gasteiger partial charge is 0.467 e. The van der Waals surface area contributed by atoms with E-state index in [9.17, 15) is 0 Å². The summed E-state index contributed by atoms with van der Waals surface area (Å²) in [5, 5.41) is 3.25. The summed E-state index contributed by atoms with van der Waals surface area (Å²) in [7, 11) is 3.50. The van der Waals surface area contributed by atoms with Crippen molar-refractivity contribution in [3.63, 3.8) is 0 Å². The molecule has 3 aromatic heterocycles. The summed E-state index contributed by atoms with van der Waals surface area (Å²) in [4.78, 5) is 16.8. The molecule has 3 heterocycles. The van der Waals surface area contributed by atoms with E-state index in [0.29, 0.717) is 12.6 Å². The van der Waals surface area contributed by atoms with Crippen molar-refractivity contribution in [3.8, 4) is 6.01 Å². The lowest BCUT2D eigenvalue weighted by molar-refractivity contribution is 0.378. The summed E-state index contributed by atoms with van der Waals surface area (Å²) in [6.07, 6.45) is 5.17. The van der Waals surface area contributed by atoms with Crippen molar-refractivity contribution in [1.82, 2.24) is 24.5 Å². The molecular formula is C13H14N6O. The number of rotatable bonds is 4. The van der Waals surface area contributed by atoms with Gasteiger partial charge in [0.25, 0.3) is 0 Å². The van der Waals surface area contributed by atoms with E-state index in [1.165, 1.54) is 0 Å². The predicted octanol–water partition coefficient (Wildman–Crippen LogP) is 1.38. The highest BCUT2D eigenvalue weighted by atomic mass is 16.5. The molecule has 0 aliphatic carbocycles. The first-order valence-corrected chi connectivity index (χ1v) is 6.14. The van der Waals surface area contributed by atoms with Gasteiger partial charge in [-0.2, -0.15) is 4.98 Å². The number of pyridine rings is 1. The van der Waals surface area contributed by atoms with Gasteiger partial charge in [0.15, 0.2) is 0 Å². The highest BCUT2D eigenvalue weighted by molar-refractivity contribution is 5.77. The van der Waals surface area contributed by atoms with E-state index >= 15 is 0 Å². The summed E-state index contributed by atoms with van der Waals surface area (Å²) in [5.41, 5.74) is 2.72. The molecule has 0 unspecified atom stereocenters. The van der Waals surface area contributed by atoms with Crippen molar-refractivity contribution in [2.24, 2.45) is 7.05 Å². The Morgan fingerprint density at radius 1 is 1.25 bits per heavy atom. The van der Waals surface area contributed by atoms with Crippen LogP contribution in [0, 0.1) is 0 Å². The molecule has 20 heavy (non-hydrogen) atoms. The first-order valence-electron chi connectivity index (χ1n) is 6.14. The molecule has 7 heteroatoms. The second kappa shape index (κ2) is 5.12. The number of imidazole rings is 1. The summed E-state index contributed by atoms with van der Waals surface area (Å²) >= 11 is 0. The van der Waals surface area contributed by atoms with Gasteiger partial charge in [-0.1, -0.05) is 0 Å². The van der Waals surface area contributed by atoms with E-state index in [0.717, 1.165) is 22.7 Å². The van der Waals surface area contributed by atoms with E-state index in [1.807, 2.05) is 23.7 Å². The first kappa shape index (κ1) is 12.3. The van der Waals surface area contributed by atoms with Crippen LogP contribution in [0.1, 0.15) is 5.69 Å². The number of nitrogens with zero attached hydrogens (tertiary/aromatic N) is 5. The number of methoxy groups -OCH3 is 1. The minimum absolute atomic E-state index is 0.360. The number of anilines is 1. The maximum absolute atomic E-state index is 5.00. The van der Waals surface area contributed by atoms with Crippen LogP contribution in [0.5, 0.6) is 6.01 Å². The molecule has 0 fully saturated rings. The third kappa shape index (κ3) is 2.25. The monoisotopic (exact) mass is 270 g/mol. The van der Waals surface area contributed by atoms with Gasteiger partial charge in [-0.25, -0.2) is 9.97 Å². The van der Waals surface area contributed by atoms with Crippen molar-refractivity contribution < 1.29 is 4.74 Å². The molecule has 0 bridgehead atoms. The molecule has 0 saturated heterocycles. The molecule has 0 saturated carbocycles. The molecule has 102 valence electrons. The van der Waals surface area contributed by atoms with E-state index in [4.69, 9.17) is 4.74 Å². The molecule has 0 radical (unpaired) electrons. The Kier molecular flexibility index (Phi) is 3.16. The molecule has 3 rings (SSSR count). The first-order chi connectivity index (χ1) is 9.78. The number of fused-ring (bicyclic) bond motifs is 1. The molecule has 7 nitrogen and oxygen atoms in total. The second-order valence-electron chi connectivity index (χ2n) is 4.25. The van der Waals surface area contributed by atoms with Crippen molar-refractivity contribution >= 4 is 17.0 Å². The van der Waals surface area contributed by atoms with Crippen LogP contribution in [0.15, 0.2) is 30.7 Å². The third-order valence-electron chi connectivity index (χ3n) is 2.98. The highest BCUT2D eigenvalue weighted by Crippen LogP contribution is 2.17. The topological polar surface area (TPSA) is 77.8 Å². The van der Waals surface area contributed by atoms with Crippen LogP contribution in [0.3, 0.4) is 0 Å². The Bertz CT molecular complexity index is 739. The SMILES string of the molecule is COc1nccc(CNc2nc3cnccc3n2C)n1.